The first-order chi connectivity index (χ1) is 8.85. The quantitative estimate of drug-likeness (QED) is 0.720. The smallest absolute Gasteiger partial charge is 0.00673 e. The van der Waals surface area contributed by atoms with Gasteiger partial charge in [0.2, 0.25) is 0 Å². The van der Waals surface area contributed by atoms with Gasteiger partial charge in [0.25, 0.3) is 0 Å². The van der Waals surface area contributed by atoms with E-state index in [0.29, 0.717) is 0 Å². The van der Waals surface area contributed by atoms with Gasteiger partial charge in [0.15, 0.2) is 0 Å². The number of hydrogen-bond donors (Lipinski definition) is 1. The second-order valence-corrected chi connectivity index (χ2v) is 6.95. The normalized spacial score (nSPS) is 42.6. The fraction of sp³-hybridized carbons (Fsp3) is 0.882. The van der Waals surface area contributed by atoms with E-state index in [9.17, 15) is 0 Å². The number of fused-ring (bicyclic) bond motifs is 2. The van der Waals surface area contributed by atoms with Gasteiger partial charge in [-0.3, -0.25) is 0 Å². The summed E-state index contributed by atoms with van der Waals surface area (Å²) in [4.78, 5) is 0. The highest BCUT2D eigenvalue weighted by Gasteiger charge is 2.35. The summed E-state index contributed by atoms with van der Waals surface area (Å²) in [6.07, 6.45) is 16.5. The molecular formula is C17H29N. The van der Waals surface area contributed by atoms with Crippen molar-refractivity contribution in [3.63, 3.8) is 0 Å². The Hall–Kier alpha value is -0.300. The van der Waals surface area contributed by atoms with Crippen molar-refractivity contribution in [2.24, 2.45) is 23.7 Å². The second kappa shape index (κ2) is 5.77. The van der Waals surface area contributed by atoms with E-state index in [1.54, 1.807) is 0 Å². The third kappa shape index (κ3) is 2.82. The summed E-state index contributed by atoms with van der Waals surface area (Å²) in [6, 6.07) is 0.834. The third-order valence-electron chi connectivity index (χ3n) is 5.63. The highest BCUT2D eigenvalue weighted by Crippen LogP contribution is 2.43. The molecule has 0 aliphatic heterocycles. The van der Waals surface area contributed by atoms with Crippen LogP contribution in [0.4, 0.5) is 0 Å². The van der Waals surface area contributed by atoms with Crippen molar-refractivity contribution in [1.29, 1.82) is 0 Å². The highest BCUT2D eigenvalue weighted by molar-refractivity contribution is 5.10. The molecular weight excluding hydrogens is 218 g/mol. The molecule has 0 radical (unpaired) electrons. The van der Waals surface area contributed by atoms with Crippen LogP contribution in [0.3, 0.4) is 0 Å². The van der Waals surface area contributed by atoms with E-state index in [1.807, 2.05) is 0 Å². The van der Waals surface area contributed by atoms with Gasteiger partial charge < -0.3 is 5.32 Å². The molecule has 0 amide bonds. The van der Waals surface area contributed by atoms with Crippen LogP contribution >= 0.6 is 0 Å². The van der Waals surface area contributed by atoms with Crippen molar-refractivity contribution < 1.29 is 0 Å². The van der Waals surface area contributed by atoms with Crippen LogP contribution in [0.2, 0.25) is 0 Å². The lowest BCUT2D eigenvalue weighted by Gasteiger charge is -2.30. The summed E-state index contributed by atoms with van der Waals surface area (Å²) in [5.41, 5.74) is 0. The summed E-state index contributed by atoms with van der Waals surface area (Å²) >= 11 is 0. The van der Waals surface area contributed by atoms with Crippen LogP contribution in [0.25, 0.3) is 0 Å². The summed E-state index contributed by atoms with van der Waals surface area (Å²) in [6.45, 7) is 3.61. The summed E-state index contributed by atoms with van der Waals surface area (Å²) in [7, 11) is 0. The number of rotatable bonds is 5. The topological polar surface area (TPSA) is 12.0 Å². The molecule has 0 heterocycles. The van der Waals surface area contributed by atoms with Crippen LogP contribution in [0.1, 0.15) is 58.3 Å². The molecule has 3 aliphatic carbocycles. The van der Waals surface area contributed by atoms with Crippen molar-refractivity contribution in [3.05, 3.63) is 12.2 Å². The Kier molecular flexibility index (Phi) is 4.08. The lowest BCUT2D eigenvalue weighted by molar-refractivity contribution is 0.264. The van der Waals surface area contributed by atoms with Crippen molar-refractivity contribution in [2.45, 2.75) is 64.3 Å². The zero-order chi connectivity index (χ0) is 12.4. The van der Waals surface area contributed by atoms with E-state index in [1.165, 1.54) is 57.9 Å². The summed E-state index contributed by atoms with van der Waals surface area (Å²) in [5.74, 6) is 3.84. The van der Waals surface area contributed by atoms with Crippen LogP contribution in [0, 0.1) is 23.7 Å². The molecule has 3 rings (SSSR count). The minimum absolute atomic E-state index is 0.834. The predicted molar refractivity (Wildman–Crippen MR) is 77.5 cm³/mol. The Morgan fingerprint density at radius 2 is 1.89 bits per heavy atom. The van der Waals surface area contributed by atoms with Crippen LogP contribution in [-0.2, 0) is 0 Å². The zero-order valence-electron chi connectivity index (χ0n) is 11.9. The van der Waals surface area contributed by atoms with Crippen molar-refractivity contribution in [3.8, 4) is 0 Å². The fourth-order valence-corrected chi connectivity index (χ4v) is 4.51. The molecule has 2 bridgehead atoms. The first-order valence-electron chi connectivity index (χ1n) is 8.27. The molecule has 3 aliphatic rings. The van der Waals surface area contributed by atoms with Crippen molar-refractivity contribution in [2.75, 3.05) is 6.54 Å². The van der Waals surface area contributed by atoms with Crippen molar-refractivity contribution in [1.82, 2.24) is 5.32 Å². The molecule has 3 unspecified atom stereocenters. The summed E-state index contributed by atoms with van der Waals surface area (Å²) in [5, 5.41) is 3.88. The minimum Gasteiger partial charge on any atom is -0.314 e. The predicted octanol–water partition coefficient (Wildman–Crippen LogP) is 4.15. The monoisotopic (exact) mass is 247 g/mol. The Bertz CT molecular complexity index is 288. The first kappa shape index (κ1) is 12.7. The van der Waals surface area contributed by atoms with E-state index < -0.39 is 0 Å². The molecule has 0 spiro atoms. The molecule has 102 valence electrons. The first-order valence-corrected chi connectivity index (χ1v) is 8.27. The largest absolute Gasteiger partial charge is 0.314 e. The molecule has 1 N–H and O–H groups in total. The Morgan fingerprint density at radius 1 is 1.06 bits per heavy atom. The lowest BCUT2D eigenvalue weighted by Crippen LogP contribution is -2.37. The van der Waals surface area contributed by atoms with Crippen LogP contribution in [0.5, 0.6) is 0 Å². The maximum absolute atomic E-state index is 3.88. The van der Waals surface area contributed by atoms with Gasteiger partial charge in [-0.2, -0.15) is 0 Å². The maximum Gasteiger partial charge on any atom is 0.00673 e. The number of nitrogens with one attached hydrogen (secondary N) is 1. The number of hydrogen-bond acceptors (Lipinski definition) is 1. The third-order valence-corrected chi connectivity index (χ3v) is 5.63. The molecule has 2 fully saturated rings. The minimum atomic E-state index is 0.834. The highest BCUT2D eigenvalue weighted by atomic mass is 14.9. The van der Waals surface area contributed by atoms with E-state index in [-0.39, 0.29) is 0 Å². The molecule has 0 aromatic rings. The standard InChI is InChI=1S/C17H29N/c1-2-3-13-5-8-17(9-6-13)18-12-16-11-14-4-7-15(16)10-14/h4,7,13-18H,2-3,5-6,8-12H2,1H3. The van der Waals surface area contributed by atoms with E-state index in [0.717, 1.165) is 29.7 Å². The number of allylic oxidation sites excluding steroid dienone is 2. The van der Waals surface area contributed by atoms with Crippen LogP contribution in [0.15, 0.2) is 12.2 Å². The average Bonchev–Trinajstić information content (AvgIpc) is 3.00. The van der Waals surface area contributed by atoms with Crippen molar-refractivity contribution >= 4 is 0 Å². The maximum atomic E-state index is 3.88. The molecule has 18 heavy (non-hydrogen) atoms. The Balaban J connectivity index is 1.36. The Morgan fingerprint density at radius 3 is 2.50 bits per heavy atom. The summed E-state index contributed by atoms with van der Waals surface area (Å²) < 4.78 is 0. The molecule has 1 heteroatoms. The Labute approximate surface area is 112 Å². The van der Waals surface area contributed by atoms with E-state index in [2.05, 4.69) is 24.4 Å². The molecule has 0 saturated heterocycles. The van der Waals surface area contributed by atoms with Gasteiger partial charge in [-0.1, -0.05) is 31.9 Å². The van der Waals surface area contributed by atoms with E-state index in [4.69, 9.17) is 0 Å². The van der Waals surface area contributed by atoms with Gasteiger partial charge in [-0.15, -0.1) is 0 Å². The van der Waals surface area contributed by atoms with Gasteiger partial charge in [0, 0.05) is 6.04 Å². The van der Waals surface area contributed by atoms with Gasteiger partial charge in [-0.25, -0.2) is 0 Å². The van der Waals surface area contributed by atoms with Gasteiger partial charge in [0.05, 0.1) is 0 Å². The molecule has 0 aromatic heterocycles. The van der Waals surface area contributed by atoms with Crippen LogP contribution < -0.4 is 5.32 Å². The molecule has 2 saturated carbocycles. The van der Waals surface area contributed by atoms with Crippen LogP contribution in [-0.4, -0.2) is 12.6 Å². The van der Waals surface area contributed by atoms with Gasteiger partial charge in [-0.05, 0) is 68.7 Å². The molecule has 1 nitrogen and oxygen atoms in total. The second-order valence-electron chi connectivity index (χ2n) is 6.95. The lowest BCUT2D eigenvalue weighted by atomic mass is 9.83. The van der Waals surface area contributed by atoms with Gasteiger partial charge >= 0.3 is 0 Å². The molecule has 0 aromatic carbocycles. The molecule has 3 atom stereocenters. The zero-order valence-corrected chi connectivity index (χ0v) is 11.9. The SMILES string of the molecule is CCCC1CCC(NCC2CC3C=CC2C3)CC1. The van der Waals surface area contributed by atoms with Gasteiger partial charge in [0.1, 0.15) is 0 Å². The average molecular weight is 247 g/mol. The van der Waals surface area contributed by atoms with E-state index >= 15 is 0 Å². The fourth-order valence-electron chi connectivity index (χ4n) is 4.51.